The van der Waals surface area contributed by atoms with E-state index in [0.29, 0.717) is 28.6 Å². The van der Waals surface area contributed by atoms with E-state index in [2.05, 4.69) is 39.6 Å². The number of aromatic nitrogens is 8. The average molecular weight is 731 g/mol. The van der Waals surface area contributed by atoms with Gasteiger partial charge in [0.15, 0.2) is 0 Å². The van der Waals surface area contributed by atoms with Gasteiger partial charge in [0, 0.05) is 73.3 Å². The highest BCUT2D eigenvalue weighted by Gasteiger charge is 2.19. The summed E-state index contributed by atoms with van der Waals surface area (Å²) in [5.74, 6) is 0.514. The second-order valence-corrected chi connectivity index (χ2v) is 14.7. The van der Waals surface area contributed by atoms with Gasteiger partial charge in [-0.05, 0) is 111 Å². The molecule has 10 rings (SSSR count). The van der Waals surface area contributed by atoms with Gasteiger partial charge in [-0.3, -0.25) is 27.8 Å². The lowest BCUT2D eigenvalue weighted by Gasteiger charge is -2.29. The van der Waals surface area contributed by atoms with Gasteiger partial charge in [-0.2, -0.15) is 10.2 Å². The number of hydrogen-bond donors (Lipinski definition) is 1. The topological polar surface area (TPSA) is 120 Å². The molecule has 0 radical (unpaired) electrons. The summed E-state index contributed by atoms with van der Waals surface area (Å²) in [5.41, 5.74) is 10.0. The molecule has 2 aromatic carbocycles. The Morgan fingerprint density at radius 2 is 1.38 bits per heavy atom. The minimum absolute atomic E-state index is 0.0407. The van der Waals surface area contributed by atoms with Gasteiger partial charge in [0.2, 0.25) is 0 Å². The van der Waals surface area contributed by atoms with Crippen LogP contribution in [0.5, 0.6) is 0 Å². The molecule has 1 saturated heterocycles. The maximum absolute atomic E-state index is 12.8. The average Bonchev–Trinajstić information content (AvgIpc) is 3.78. The summed E-state index contributed by atoms with van der Waals surface area (Å²) in [7, 11) is 5.98. The molecule has 1 N–H and O–H groups in total. The SMILES string of the molecule is CN1CCC(c2ccc3nc(-c4ccc5c(cnn5C)c4)cc(=O)n3c2)CC1.Cn1cc2cc(-c3cc(=O)n4cc(C5=CCNCC5)ccc4n3)ccc2n1. The molecule has 55 heavy (non-hydrogen) atoms. The third-order valence-corrected chi connectivity index (χ3v) is 10.9. The van der Waals surface area contributed by atoms with Crippen molar-refractivity contribution in [2.75, 3.05) is 33.2 Å². The van der Waals surface area contributed by atoms with Crippen LogP contribution in [0.3, 0.4) is 0 Å². The van der Waals surface area contributed by atoms with Gasteiger partial charge < -0.3 is 10.2 Å². The molecule has 2 aliphatic rings. The lowest BCUT2D eigenvalue weighted by molar-refractivity contribution is 0.255. The Morgan fingerprint density at radius 1 is 0.709 bits per heavy atom. The molecule has 0 spiro atoms. The van der Waals surface area contributed by atoms with Crippen LogP contribution in [0.2, 0.25) is 0 Å². The minimum Gasteiger partial charge on any atom is -0.313 e. The van der Waals surface area contributed by atoms with Gasteiger partial charge in [-0.25, -0.2) is 9.97 Å². The Bertz CT molecular complexity index is 2890. The molecule has 8 aromatic rings. The predicted molar refractivity (Wildman–Crippen MR) is 217 cm³/mol. The first-order chi connectivity index (χ1) is 26.8. The molecule has 0 bridgehead atoms. The Morgan fingerprint density at radius 3 is 2.11 bits per heavy atom. The number of aryl methyl sites for hydroxylation is 2. The largest absolute Gasteiger partial charge is 0.313 e. The van der Waals surface area contributed by atoms with Crippen molar-refractivity contribution >= 4 is 38.7 Å². The zero-order valence-corrected chi connectivity index (χ0v) is 31.2. The van der Waals surface area contributed by atoms with Crippen molar-refractivity contribution in [3.63, 3.8) is 0 Å². The van der Waals surface area contributed by atoms with Crippen molar-refractivity contribution in [2.24, 2.45) is 14.1 Å². The van der Waals surface area contributed by atoms with E-state index in [0.717, 1.165) is 83.9 Å². The number of likely N-dealkylation sites (tertiary alicyclic amines) is 1. The van der Waals surface area contributed by atoms with Crippen LogP contribution in [0.1, 0.15) is 36.3 Å². The van der Waals surface area contributed by atoms with Gasteiger partial charge in [0.25, 0.3) is 11.1 Å². The van der Waals surface area contributed by atoms with E-state index in [1.165, 1.54) is 11.1 Å². The molecule has 2 aliphatic heterocycles. The summed E-state index contributed by atoms with van der Waals surface area (Å²) in [4.78, 5) is 37.4. The van der Waals surface area contributed by atoms with Crippen molar-refractivity contribution < 1.29 is 0 Å². The van der Waals surface area contributed by atoms with E-state index in [4.69, 9.17) is 9.97 Å². The standard InChI is InChI=1S/C22H23N5O.C21H19N5O/c1-25-9-7-15(8-10-25)17-4-6-21-24-19(12-22(28)27(21)14-17)16-3-5-20-18(11-16)13-23-26(20)2;1-25-12-17-10-15(2-4-18(17)24-25)19-11-21(27)26-13-16(3-5-20(26)23-19)14-6-8-22-9-7-14/h3-6,11-15H,7-10H2,1-2H3;2-6,10-13,22H,7-9H2,1H3. The maximum atomic E-state index is 12.8. The summed E-state index contributed by atoms with van der Waals surface area (Å²) >= 11 is 0. The van der Waals surface area contributed by atoms with E-state index >= 15 is 0 Å². The lowest BCUT2D eigenvalue weighted by atomic mass is 9.91. The number of nitrogens with one attached hydrogen (secondary N) is 1. The van der Waals surface area contributed by atoms with Crippen molar-refractivity contribution in [3.8, 4) is 22.5 Å². The predicted octanol–water partition coefficient (Wildman–Crippen LogP) is 5.68. The number of hydrogen-bond acceptors (Lipinski definition) is 8. The molecule has 1 fully saturated rings. The summed E-state index contributed by atoms with van der Waals surface area (Å²) in [6.45, 7) is 4.04. The Kier molecular flexibility index (Phi) is 8.91. The quantitative estimate of drug-likeness (QED) is 0.246. The Labute approximate surface area is 317 Å². The normalized spacial score (nSPS) is 15.4. The molecule has 276 valence electrons. The summed E-state index contributed by atoms with van der Waals surface area (Å²) in [6, 6.07) is 23.3. The molecule has 0 unspecified atom stereocenters. The van der Waals surface area contributed by atoms with Crippen molar-refractivity contribution in [1.82, 2.24) is 48.5 Å². The molecule has 0 atom stereocenters. The van der Waals surface area contributed by atoms with Crippen LogP contribution in [-0.4, -0.2) is 76.5 Å². The molecule has 12 nitrogen and oxygen atoms in total. The highest BCUT2D eigenvalue weighted by atomic mass is 16.1. The fourth-order valence-electron chi connectivity index (χ4n) is 7.81. The number of pyridine rings is 2. The monoisotopic (exact) mass is 730 g/mol. The smallest absolute Gasteiger partial charge is 0.258 e. The fourth-order valence-corrected chi connectivity index (χ4v) is 7.81. The number of benzene rings is 2. The highest BCUT2D eigenvalue weighted by molar-refractivity contribution is 5.85. The van der Waals surface area contributed by atoms with Crippen LogP contribution in [0.15, 0.2) is 113 Å². The molecule has 0 aliphatic carbocycles. The van der Waals surface area contributed by atoms with E-state index in [1.54, 1.807) is 25.6 Å². The van der Waals surface area contributed by atoms with Crippen molar-refractivity contribution in [1.29, 1.82) is 0 Å². The second-order valence-electron chi connectivity index (χ2n) is 14.7. The minimum atomic E-state index is -0.0716. The van der Waals surface area contributed by atoms with Gasteiger partial charge in [0.05, 0.1) is 28.6 Å². The third kappa shape index (κ3) is 6.86. The number of nitrogens with zero attached hydrogens (tertiary/aromatic N) is 9. The molecule has 0 saturated carbocycles. The molecule has 8 heterocycles. The summed E-state index contributed by atoms with van der Waals surface area (Å²) < 4.78 is 6.94. The Hall–Kier alpha value is -6.24. The van der Waals surface area contributed by atoms with Gasteiger partial charge in [-0.1, -0.05) is 24.3 Å². The van der Waals surface area contributed by atoms with Crippen LogP contribution in [0.4, 0.5) is 0 Å². The van der Waals surface area contributed by atoms with Crippen LogP contribution in [0, 0.1) is 0 Å². The van der Waals surface area contributed by atoms with Crippen molar-refractivity contribution in [3.05, 3.63) is 135 Å². The first-order valence-electron chi connectivity index (χ1n) is 18.8. The molecular formula is C43H42N10O2. The number of fused-ring (bicyclic) bond motifs is 4. The second kappa shape index (κ2) is 14.2. The van der Waals surface area contributed by atoms with Gasteiger partial charge >= 0.3 is 0 Å². The van der Waals surface area contributed by atoms with E-state index in [1.807, 2.05) is 98.2 Å². The van der Waals surface area contributed by atoms with Crippen LogP contribution < -0.4 is 16.4 Å². The molecular weight excluding hydrogens is 689 g/mol. The lowest BCUT2D eigenvalue weighted by Crippen LogP contribution is -2.29. The summed E-state index contributed by atoms with van der Waals surface area (Å²) in [5, 5.41) is 14.1. The van der Waals surface area contributed by atoms with E-state index in [-0.39, 0.29) is 11.1 Å². The first kappa shape index (κ1) is 34.5. The van der Waals surface area contributed by atoms with Crippen molar-refractivity contribution in [2.45, 2.75) is 25.2 Å². The third-order valence-electron chi connectivity index (χ3n) is 10.9. The van der Waals surface area contributed by atoms with Gasteiger partial charge in [-0.15, -0.1) is 0 Å². The van der Waals surface area contributed by atoms with E-state index in [9.17, 15) is 9.59 Å². The van der Waals surface area contributed by atoms with Gasteiger partial charge in [0.1, 0.15) is 11.3 Å². The van der Waals surface area contributed by atoms with Crippen LogP contribution in [-0.2, 0) is 14.1 Å². The fraction of sp³-hybridized carbons (Fsp3) is 0.256. The first-order valence-corrected chi connectivity index (χ1v) is 18.8. The molecule has 6 aromatic heterocycles. The van der Waals surface area contributed by atoms with Crippen LogP contribution in [0.25, 0.3) is 61.2 Å². The van der Waals surface area contributed by atoms with Crippen LogP contribution >= 0.6 is 0 Å². The zero-order chi connectivity index (χ0) is 37.6. The summed E-state index contributed by atoms with van der Waals surface area (Å²) in [6.07, 6.45) is 13.1. The zero-order valence-electron chi connectivity index (χ0n) is 31.2. The number of rotatable bonds is 4. The van der Waals surface area contributed by atoms with E-state index < -0.39 is 0 Å². The highest BCUT2D eigenvalue weighted by Crippen LogP contribution is 2.28. The molecule has 12 heteroatoms. The molecule has 0 amide bonds. The number of piperidine rings is 1. The Balaban J connectivity index is 0.000000144. The maximum Gasteiger partial charge on any atom is 0.258 e.